The zero-order valence-corrected chi connectivity index (χ0v) is 18.2. The summed E-state index contributed by atoms with van der Waals surface area (Å²) >= 11 is 0. The second kappa shape index (κ2) is 8.79. The molecule has 1 atom stereocenters. The first-order valence-electron chi connectivity index (χ1n) is 11.5. The Labute approximate surface area is 183 Å². The van der Waals surface area contributed by atoms with Gasteiger partial charge >= 0.3 is 0 Å². The van der Waals surface area contributed by atoms with E-state index in [-0.39, 0.29) is 5.91 Å². The van der Waals surface area contributed by atoms with Crippen molar-refractivity contribution in [2.75, 3.05) is 26.2 Å². The molecule has 1 unspecified atom stereocenters. The van der Waals surface area contributed by atoms with Crippen LogP contribution in [0.25, 0.3) is 10.9 Å². The maximum absolute atomic E-state index is 12.8. The summed E-state index contributed by atoms with van der Waals surface area (Å²) in [6.45, 7) is 6.81. The Morgan fingerprint density at radius 3 is 2.87 bits per heavy atom. The molecule has 162 valence electrons. The number of hydrogen-bond donors (Lipinski definition) is 0. The van der Waals surface area contributed by atoms with Gasteiger partial charge in [-0.25, -0.2) is 0 Å². The highest BCUT2D eigenvalue weighted by molar-refractivity contribution is 5.91. The number of nitrogens with zero attached hydrogens (tertiary/aromatic N) is 4. The lowest BCUT2D eigenvalue weighted by Crippen LogP contribution is -2.37. The Morgan fingerprint density at radius 1 is 1.13 bits per heavy atom. The number of carbonyl (C=O) groups is 1. The zero-order chi connectivity index (χ0) is 21.2. The van der Waals surface area contributed by atoms with Crippen molar-refractivity contribution in [1.29, 1.82) is 0 Å². The summed E-state index contributed by atoms with van der Waals surface area (Å²) in [6.07, 6.45) is 6.17. The predicted molar refractivity (Wildman–Crippen MR) is 120 cm³/mol. The minimum Gasteiger partial charge on any atom is -0.351 e. The van der Waals surface area contributed by atoms with E-state index in [4.69, 9.17) is 4.52 Å². The third kappa shape index (κ3) is 4.49. The Kier molecular flexibility index (Phi) is 5.72. The van der Waals surface area contributed by atoms with Crippen molar-refractivity contribution in [1.82, 2.24) is 19.9 Å². The molecule has 2 saturated heterocycles. The molecule has 4 heterocycles. The van der Waals surface area contributed by atoms with Crippen molar-refractivity contribution < 1.29 is 9.32 Å². The molecule has 0 bridgehead atoms. The van der Waals surface area contributed by atoms with Gasteiger partial charge in [0, 0.05) is 49.7 Å². The summed E-state index contributed by atoms with van der Waals surface area (Å²) in [4.78, 5) is 21.6. The van der Waals surface area contributed by atoms with Crippen LogP contribution in [0.3, 0.4) is 0 Å². The molecule has 0 spiro atoms. The second-order valence-electron chi connectivity index (χ2n) is 9.20. The molecule has 0 N–H and O–H groups in total. The molecule has 31 heavy (non-hydrogen) atoms. The number of piperidine rings is 2. The van der Waals surface area contributed by atoms with Gasteiger partial charge in [-0.15, -0.1) is 0 Å². The van der Waals surface area contributed by atoms with Crippen LogP contribution in [0.5, 0.6) is 0 Å². The molecule has 2 fully saturated rings. The molecule has 5 rings (SSSR count). The number of pyridine rings is 1. The van der Waals surface area contributed by atoms with Crippen LogP contribution in [0.4, 0.5) is 0 Å². The molecule has 0 aliphatic carbocycles. The van der Waals surface area contributed by atoms with Crippen LogP contribution in [0, 0.1) is 5.92 Å². The van der Waals surface area contributed by atoms with Gasteiger partial charge in [0.2, 0.25) is 5.76 Å². The summed E-state index contributed by atoms with van der Waals surface area (Å²) in [7, 11) is 0. The van der Waals surface area contributed by atoms with Crippen LogP contribution in [0.1, 0.15) is 60.3 Å². The highest BCUT2D eigenvalue weighted by Gasteiger charge is 2.28. The van der Waals surface area contributed by atoms with E-state index in [0.717, 1.165) is 69.6 Å². The number of fused-ring (bicyclic) bond motifs is 1. The summed E-state index contributed by atoms with van der Waals surface area (Å²) in [5.41, 5.74) is 3.25. The average Bonchev–Trinajstić information content (AvgIpc) is 3.30. The lowest BCUT2D eigenvalue weighted by molar-refractivity contribution is 0.0655. The predicted octanol–water partition coefficient (Wildman–Crippen LogP) is 4.47. The zero-order valence-electron chi connectivity index (χ0n) is 18.2. The molecule has 2 aromatic heterocycles. The monoisotopic (exact) mass is 418 g/mol. The van der Waals surface area contributed by atoms with Crippen molar-refractivity contribution >= 4 is 16.8 Å². The van der Waals surface area contributed by atoms with Gasteiger partial charge in [-0.3, -0.25) is 14.7 Å². The molecule has 1 amide bonds. The lowest BCUT2D eigenvalue weighted by Gasteiger charge is -2.31. The van der Waals surface area contributed by atoms with E-state index in [1.54, 1.807) is 0 Å². The van der Waals surface area contributed by atoms with Gasteiger partial charge in [-0.1, -0.05) is 24.2 Å². The Hall–Kier alpha value is -2.73. The van der Waals surface area contributed by atoms with E-state index in [1.807, 2.05) is 23.2 Å². The van der Waals surface area contributed by atoms with Gasteiger partial charge in [0.15, 0.2) is 0 Å². The number of amides is 1. The topological polar surface area (TPSA) is 62.5 Å². The van der Waals surface area contributed by atoms with Gasteiger partial charge in [0.05, 0.1) is 11.2 Å². The first-order valence-corrected chi connectivity index (χ1v) is 11.5. The molecule has 3 aromatic rings. The third-order valence-electron chi connectivity index (χ3n) is 6.81. The smallest absolute Gasteiger partial charge is 0.292 e. The van der Waals surface area contributed by atoms with Gasteiger partial charge in [0.1, 0.15) is 0 Å². The minimum absolute atomic E-state index is 0.0110. The first kappa shape index (κ1) is 20.2. The molecule has 2 aliphatic heterocycles. The van der Waals surface area contributed by atoms with Crippen LogP contribution < -0.4 is 0 Å². The van der Waals surface area contributed by atoms with Crippen LogP contribution >= 0.6 is 0 Å². The van der Waals surface area contributed by atoms with Crippen molar-refractivity contribution in [3.63, 3.8) is 0 Å². The van der Waals surface area contributed by atoms with Gasteiger partial charge in [-0.2, -0.15) is 0 Å². The molecular formula is C25H30N4O2. The average molecular weight is 419 g/mol. The summed E-state index contributed by atoms with van der Waals surface area (Å²) in [5.74, 6) is 1.38. The third-order valence-corrected chi connectivity index (χ3v) is 6.81. The summed E-state index contributed by atoms with van der Waals surface area (Å²) < 4.78 is 5.49. The summed E-state index contributed by atoms with van der Waals surface area (Å²) in [5, 5.41) is 5.48. The fourth-order valence-electron chi connectivity index (χ4n) is 4.87. The Bertz CT molecular complexity index is 1050. The van der Waals surface area contributed by atoms with Gasteiger partial charge in [-0.05, 0) is 61.9 Å². The molecular weight excluding hydrogens is 388 g/mol. The fraction of sp³-hybridized carbons (Fsp3) is 0.480. The van der Waals surface area contributed by atoms with Crippen molar-refractivity contribution in [2.24, 2.45) is 5.92 Å². The van der Waals surface area contributed by atoms with Gasteiger partial charge in [0.25, 0.3) is 5.91 Å². The van der Waals surface area contributed by atoms with Crippen molar-refractivity contribution in [3.05, 3.63) is 59.6 Å². The number of benzene rings is 1. The number of carbonyl (C=O) groups excluding carboxylic acids is 1. The van der Waals surface area contributed by atoms with Crippen LogP contribution in [-0.4, -0.2) is 52.0 Å². The van der Waals surface area contributed by atoms with Crippen LogP contribution in [0.2, 0.25) is 0 Å². The van der Waals surface area contributed by atoms with E-state index in [2.05, 4.69) is 46.2 Å². The Balaban J connectivity index is 1.23. The van der Waals surface area contributed by atoms with E-state index in [1.165, 1.54) is 10.9 Å². The quantitative estimate of drug-likeness (QED) is 0.625. The molecule has 0 radical (unpaired) electrons. The highest BCUT2D eigenvalue weighted by atomic mass is 16.5. The molecule has 1 aromatic carbocycles. The number of aromatic nitrogens is 2. The molecule has 6 nitrogen and oxygen atoms in total. The van der Waals surface area contributed by atoms with Crippen molar-refractivity contribution in [2.45, 2.75) is 45.1 Å². The number of rotatable bonds is 4. The van der Waals surface area contributed by atoms with E-state index in [0.29, 0.717) is 17.6 Å². The highest BCUT2D eigenvalue weighted by Crippen LogP contribution is 2.28. The van der Waals surface area contributed by atoms with Crippen LogP contribution in [0.15, 0.2) is 47.1 Å². The molecule has 6 heteroatoms. The second-order valence-corrected chi connectivity index (χ2v) is 9.20. The van der Waals surface area contributed by atoms with E-state index >= 15 is 0 Å². The lowest BCUT2D eigenvalue weighted by atomic mass is 9.94. The minimum atomic E-state index is -0.0110. The largest absolute Gasteiger partial charge is 0.351 e. The normalized spacial score (nSPS) is 20.9. The molecule has 0 saturated carbocycles. The standard InChI is InChI=1S/C25H30N4O2/c1-18-8-12-29(13-9-18)25(30)24-15-23(27-31-24)21-5-3-11-28(17-21)16-19-6-7-22-20(14-19)4-2-10-26-22/h2,4,6-7,10,14-15,18,21H,3,5,8-9,11-13,16-17H2,1H3. The Morgan fingerprint density at radius 2 is 2.00 bits per heavy atom. The molecule has 2 aliphatic rings. The van der Waals surface area contributed by atoms with Crippen molar-refractivity contribution in [3.8, 4) is 0 Å². The SMILES string of the molecule is CC1CCN(C(=O)c2cc(C3CCCN(Cc4ccc5ncccc5c4)C3)no2)CC1. The summed E-state index contributed by atoms with van der Waals surface area (Å²) in [6, 6.07) is 12.5. The fourth-order valence-corrected chi connectivity index (χ4v) is 4.87. The van der Waals surface area contributed by atoms with Gasteiger partial charge < -0.3 is 9.42 Å². The maximum atomic E-state index is 12.8. The first-order chi connectivity index (χ1) is 15.2. The maximum Gasteiger partial charge on any atom is 0.292 e. The number of hydrogen-bond acceptors (Lipinski definition) is 5. The number of likely N-dealkylation sites (tertiary alicyclic amines) is 2. The van der Waals surface area contributed by atoms with E-state index < -0.39 is 0 Å². The van der Waals surface area contributed by atoms with E-state index in [9.17, 15) is 4.79 Å². The van der Waals surface area contributed by atoms with Crippen LogP contribution in [-0.2, 0) is 6.54 Å².